The van der Waals surface area contributed by atoms with Crippen molar-refractivity contribution in [3.05, 3.63) is 76.4 Å². The maximum absolute atomic E-state index is 15.3. The lowest BCUT2D eigenvalue weighted by Crippen LogP contribution is -2.34. The van der Waals surface area contributed by atoms with Gasteiger partial charge in [0.15, 0.2) is 11.6 Å². The van der Waals surface area contributed by atoms with Gasteiger partial charge in [0.2, 0.25) is 0 Å². The first-order valence-electron chi connectivity index (χ1n) is 10.3. The summed E-state index contributed by atoms with van der Waals surface area (Å²) in [5.74, 6) is -1.90. The zero-order chi connectivity index (χ0) is 22.1. The molecule has 162 valence electrons. The second kappa shape index (κ2) is 8.51. The lowest BCUT2D eigenvalue weighted by molar-refractivity contribution is 0.0639. The first-order valence-corrected chi connectivity index (χ1v) is 10.3. The van der Waals surface area contributed by atoms with E-state index in [9.17, 15) is 4.79 Å². The molecule has 0 radical (unpaired) electrons. The number of pyridine rings is 1. The van der Waals surface area contributed by atoms with Crippen molar-refractivity contribution < 1.29 is 13.5 Å². The molecule has 1 aliphatic rings. The Hall–Kier alpha value is -3.19. The number of H-pyrrole nitrogens is 1. The van der Waals surface area contributed by atoms with Crippen LogP contribution in [-0.2, 0) is 11.3 Å². The number of fused-ring (bicyclic) bond motifs is 1. The van der Waals surface area contributed by atoms with E-state index in [1.165, 1.54) is 4.57 Å². The number of benzene rings is 1. The van der Waals surface area contributed by atoms with Crippen molar-refractivity contribution in [1.29, 1.82) is 0 Å². The molecule has 2 aromatic heterocycles. The number of morpholine rings is 1. The molecule has 0 unspecified atom stereocenters. The molecule has 0 bridgehead atoms. The molecule has 5 nitrogen and oxygen atoms in total. The minimum Gasteiger partial charge on any atom is -0.378 e. The molecule has 1 aliphatic heterocycles. The number of nitrogens with zero attached hydrogens (tertiary/aromatic N) is 2. The average molecular weight is 425 g/mol. The number of nitrogens with one attached hydrogen (secondary N) is 1. The molecule has 0 atom stereocenters. The fourth-order valence-electron chi connectivity index (χ4n) is 3.95. The number of hydrogen-bond acceptors (Lipinski definition) is 3. The summed E-state index contributed by atoms with van der Waals surface area (Å²) in [4.78, 5) is 17.8. The summed E-state index contributed by atoms with van der Waals surface area (Å²) in [6, 6.07) is 4.89. The van der Waals surface area contributed by atoms with Crippen LogP contribution in [-0.4, -0.2) is 40.8 Å². The first kappa shape index (κ1) is 21.1. The second-order valence-corrected chi connectivity index (χ2v) is 7.65. The molecule has 3 heterocycles. The van der Waals surface area contributed by atoms with E-state index in [-0.39, 0.29) is 16.7 Å². The van der Waals surface area contributed by atoms with Gasteiger partial charge >= 0.3 is 0 Å². The Morgan fingerprint density at radius 2 is 1.97 bits per heavy atom. The third-order valence-electron chi connectivity index (χ3n) is 5.62. The lowest BCUT2D eigenvalue weighted by Gasteiger charge is -2.30. The van der Waals surface area contributed by atoms with Gasteiger partial charge in [0.1, 0.15) is 5.52 Å². The first-order chi connectivity index (χ1) is 14.9. The summed E-state index contributed by atoms with van der Waals surface area (Å²) in [5, 5.41) is 0.567. The number of aromatic amines is 1. The molecule has 31 heavy (non-hydrogen) atoms. The molecule has 7 heteroatoms. The molecule has 0 amide bonds. The Bertz CT molecular complexity index is 1230. The Morgan fingerprint density at radius 1 is 1.23 bits per heavy atom. The molecule has 1 fully saturated rings. The van der Waals surface area contributed by atoms with E-state index in [4.69, 9.17) is 4.74 Å². The van der Waals surface area contributed by atoms with Crippen LogP contribution in [0.5, 0.6) is 0 Å². The van der Waals surface area contributed by atoms with E-state index in [0.29, 0.717) is 55.0 Å². The Labute approximate surface area is 179 Å². The van der Waals surface area contributed by atoms with Crippen molar-refractivity contribution in [1.82, 2.24) is 14.5 Å². The highest BCUT2D eigenvalue weighted by atomic mass is 19.2. The molecule has 0 spiro atoms. The molecule has 3 aromatic rings. The van der Waals surface area contributed by atoms with Crippen LogP contribution in [0.4, 0.5) is 8.78 Å². The van der Waals surface area contributed by atoms with Gasteiger partial charge < -0.3 is 19.2 Å². The van der Waals surface area contributed by atoms with Crippen LogP contribution in [0.15, 0.2) is 47.9 Å². The van der Waals surface area contributed by atoms with Gasteiger partial charge in [0.05, 0.1) is 13.2 Å². The van der Waals surface area contributed by atoms with Gasteiger partial charge in [-0.15, -0.1) is 0 Å². The van der Waals surface area contributed by atoms with Gasteiger partial charge in [0.25, 0.3) is 5.56 Å². The molecule has 1 aromatic carbocycles. The summed E-state index contributed by atoms with van der Waals surface area (Å²) in [6.07, 6.45) is 5.26. The highest BCUT2D eigenvalue weighted by Crippen LogP contribution is 2.33. The number of hydrogen-bond donors (Lipinski definition) is 1. The van der Waals surface area contributed by atoms with Crippen molar-refractivity contribution in [2.45, 2.75) is 20.4 Å². The SMILES string of the molecule is C=C(c1ccc(-c2cn(C/C=C/C)c(=O)c3[nH]c(C)cc23)c(F)c1F)N1CCOCC1. The van der Waals surface area contributed by atoms with E-state index in [1.54, 1.807) is 24.4 Å². The monoisotopic (exact) mass is 425 g/mol. The van der Waals surface area contributed by atoms with E-state index in [0.717, 1.165) is 5.69 Å². The summed E-state index contributed by atoms with van der Waals surface area (Å²) in [6.45, 7) is 10.2. The minimum absolute atomic E-state index is 0.106. The van der Waals surface area contributed by atoms with Crippen LogP contribution in [0.1, 0.15) is 18.2 Å². The zero-order valence-corrected chi connectivity index (χ0v) is 17.7. The number of rotatable bonds is 5. The molecular formula is C24H25F2N3O2. The van der Waals surface area contributed by atoms with Crippen molar-refractivity contribution in [3.63, 3.8) is 0 Å². The van der Waals surface area contributed by atoms with Crippen molar-refractivity contribution >= 4 is 16.6 Å². The maximum atomic E-state index is 15.3. The number of aryl methyl sites for hydroxylation is 1. The van der Waals surface area contributed by atoms with Crippen LogP contribution in [0.25, 0.3) is 27.7 Å². The number of aromatic nitrogens is 2. The van der Waals surface area contributed by atoms with Gasteiger partial charge in [-0.05, 0) is 26.0 Å². The maximum Gasteiger partial charge on any atom is 0.275 e. The molecule has 1 N–H and O–H groups in total. The quantitative estimate of drug-likeness (QED) is 0.614. The molecule has 0 saturated carbocycles. The zero-order valence-electron chi connectivity index (χ0n) is 17.7. The van der Waals surface area contributed by atoms with Crippen molar-refractivity contribution in [3.8, 4) is 11.1 Å². The standard InChI is InChI=1S/C24H25F2N3O2/c1-4-5-8-29-14-20(19-13-15(2)27-23(19)24(29)30)18-7-6-17(21(25)22(18)26)16(3)28-9-11-31-12-10-28/h4-7,13-14,27H,3,8-12H2,1-2H3/b5-4+. The average Bonchev–Trinajstić information content (AvgIpc) is 3.18. The Balaban J connectivity index is 1.84. The van der Waals surface area contributed by atoms with Gasteiger partial charge in [-0.3, -0.25) is 4.79 Å². The summed E-state index contributed by atoms with van der Waals surface area (Å²) in [7, 11) is 0. The fraction of sp³-hybridized carbons (Fsp3) is 0.292. The van der Waals surface area contributed by atoms with Crippen LogP contribution in [0, 0.1) is 18.6 Å². The van der Waals surface area contributed by atoms with Crippen molar-refractivity contribution in [2.24, 2.45) is 0 Å². The Kier molecular flexibility index (Phi) is 5.78. The third kappa shape index (κ3) is 3.81. The molecular weight excluding hydrogens is 400 g/mol. The van der Waals surface area contributed by atoms with E-state index in [1.807, 2.05) is 30.9 Å². The predicted molar refractivity (Wildman–Crippen MR) is 119 cm³/mol. The Morgan fingerprint density at radius 3 is 2.68 bits per heavy atom. The summed E-state index contributed by atoms with van der Waals surface area (Å²) in [5.41, 5.74) is 2.08. The van der Waals surface area contributed by atoms with E-state index in [2.05, 4.69) is 11.6 Å². The van der Waals surface area contributed by atoms with Crippen LogP contribution in [0.2, 0.25) is 0 Å². The smallest absolute Gasteiger partial charge is 0.275 e. The highest BCUT2D eigenvalue weighted by molar-refractivity contribution is 5.95. The van der Waals surface area contributed by atoms with Gasteiger partial charge in [-0.25, -0.2) is 8.78 Å². The summed E-state index contributed by atoms with van der Waals surface area (Å²) < 4.78 is 37.3. The number of ether oxygens (including phenoxy) is 1. The normalized spacial score (nSPS) is 14.6. The number of allylic oxidation sites excluding steroid dienone is 2. The van der Waals surface area contributed by atoms with Crippen molar-refractivity contribution in [2.75, 3.05) is 26.3 Å². The van der Waals surface area contributed by atoms with Gasteiger partial charge in [-0.2, -0.15) is 0 Å². The van der Waals surface area contributed by atoms with Gasteiger partial charge in [-0.1, -0.05) is 24.8 Å². The molecule has 1 saturated heterocycles. The predicted octanol–water partition coefficient (Wildman–Crippen LogP) is 4.46. The second-order valence-electron chi connectivity index (χ2n) is 7.65. The van der Waals surface area contributed by atoms with Gasteiger partial charge in [0, 0.05) is 59.3 Å². The van der Waals surface area contributed by atoms with E-state index >= 15 is 8.78 Å². The van der Waals surface area contributed by atoms with Crippen LogP contribution in [0.3, 0.4) is 0 Å². The number of halogens is 2. The minimum atomic E-state index is -0.955. The summed E-state index contributed by atoms with van der Waals surface area (Å²) >= 11 is 0. The van der Waals surface area contributed by atoms with Crippen LogP contribution >= 0.6 is 0 Å². The largest absolute Gasteiger partial charge is 0.378 e. The fourth-order valence-corrected chi connectivity index (χ4v) is 3.95. The molecule has 0 aliphatic carbocycles. The van der Waals surface area contributed by atoms with E-state index < -0.39 is 11.6 Å². The highest BCUT2D eigenvalue weighted by Gasteiger charge is 2.23. The third-order valence-corrected chi connectivity index (χ3v) is 5.62. The lowest BCUT2D eigenvalue weighted by atomic mass is 9.99. The van der Waals surface area contributed by atoms with Crippen LogP contribution < -0.4 is 5.56 Å². The topological polar surface area (TPSA) is 50.3 Å². The molecule has 4 rings (SSSR count).